The predicted octanol–water partition coefficient (Wildman–Crippen LogP) is 1.48. The molecule has 1 aromatic rings. The number of nitrogens with one attached hydrogen (secondary N) is 1. The summed E-state index contributed by atoms with van der Waals surface area (Å²) in [5.41, 5.74) is -0.873. The van der Waals surface area contributed by atoms with Gasteiger partial charge in [-0.1, -0.05) is 25.4 Å². The van der Waals surface area contributed by atoms with Crippen LogP contribution in [0.2, 0.25) is 5.15 Å². The number of carboxylic acids is 1. The molecule has 8 nitrogen and oxygen atoms in total. The first kappa shape index (κ1) is 15.8. The van der Waals surface area contributed by atoms with E-state index in [0.717, 1.165) is 12.3 Å². The number of pyridine rings is 1. The number of amides is 1. The summed E-state index contributed by atoms with van der Waals surface area (Å²) in [4.78, 5) is 36.5. The molecular weight excluding hydrogens is 290 g/mol. The molecule has 0 fully saturated rings. The highest BCUT2D eigenvalue weighted by Gasteiger charge is 2.28. The summed E-state index contributed by atoms with van der Waals surface area (Å²) in [5.74, 6) is -2.49. The largest absolute Gasteiger partial charge is 0.480 e. The molecular formula is C11H12ClN3O5. The van der Waals surface area contributed by atoms with Crippen LogP contribution in [0.25, 0.3) is 0 Å². The van der Waals surface area contributed by atoms with Gasteiger partial charge in [-0.25, -0.2) is 9.78 Å². The summed E-state index contributed by atoms with van der Waals surface area (Å²) in [7, 11) is 0. The van der Waals surface area contributed by atoms with Gasteiger partial charge >= 0.3 is 5.97 Å². The minimum Gasteiger partial charge on any atom is -0.480 e. The molecule has 0 spiro atoms. The maximum absolute atomic E-state index is 12.0. The molecule has 0 bridgehead atoms. The lowest BCUT2D eigenvalue weighted by atomic mass is 10.0. The van der Waals surface area contributed by atoms with Crippen LogP contribution in [0.5, 0.6) is 0 Å². The van der Waals surface area contributed by atoms with E-state index in [4.69, 9.17) is 16.7 Å². The van der Waals surface area contributed by atoms with Crippen LogP contribution < -0.4 is 5.32 Å². The van der Waals surface area contributed by atoms with Crippen molar-refractivity contribution in [2.24, 2.45) is 5.92 Å². The first-order valence-corrected chi connectivity index (χ1v) is 5.95. The minimum absolute atomic E-state index is 0.0998. The maximum Gasteiger partial charge on any atom is 0.326 e. The van der Waals surface area contributed by atoms with E-state index in [0.29, 0.717) is 0 Å². The Hall–Kier alpha value is -2.22. The molecule has 2 N–H and O–H groups in total. The quantitative estimate of drug-likeness (QED) is 0.482. The smallest absolute Gasteiger partial charge is 0.326 e. The number of nitrogens with zero attached hydrogens (tertiary/aromatic N) is 2. The lowest BCUT2D eigenvalue weighted by molar-refractivity contribution is -0.385. The molecule has 0 aromatic carbocycles. The third kappa shape index (κ3) is 3.64. The van der Waals surface area contributed by atoms with Crippen molar-refractivity contribution in [3.63, 3.8) is 0 Å². The standard InChI is InChI=1S/C11H12ClN3O5/c1-5(2)9(11(17)18)14-10(16)6-3-8(12)13-4-7(6)15(19)20/h3-5,9H,1-2H3,(H,14,16)(H,17,18)/t9-/m0/s1. The van der Waals surface area contributed by atoms with Gasteiger partial charge in [0, 0.05) is 0 Å². The van der Waals surface area contributed by atoms with E-state index < -0.39 is 28.5 Å². The highest BCUT2D eigenvalue weighted by atomic mass is 35.5. The van der Waals surface area contributed by atoms with Gasteiger partial charge < -0.3 is 10.4 Å². The number of aliphatic carboxylic acids is 1. The van der Waals surface area contributed by atoms with Crippen LogP contribution in [-0.2, 0) is 4.79 Å². The van der Waals surface area contributed by atoms with Gasteiger partial charge in [0.1, 0.15) is 23.0 Å². The second-order valence-electron chi connectivity index (χ2n) is 4.31. The SMILES string of the molecule is CC(C)[C@H](NC(=O)c1cc(Cl)ncc1[N+](=O)[O-])C(=O)O. The minimum atomic E-state index is -1.23. The molecule has 0 radical (unpaired) electrons. The Morgan fingerprint density at radius 3 is 2.55 bits per heavy atom. The topological polar surface area (TPSA) is 122 Å². The van der Waals surface area contributed by atoms with Crippen LogP contribution in [0.4, 0.5) is 5.69 Å². The third-order valence-electron chi connectivity index (χ3n) is 2.51. The lowest BCUT2D eigenvalue weighted by Crippen LogP contribution is -2.44. The van der Waals surface area contributed by atoms with E-state index in [1.807, 2.05) is 0 Å². The molecule has 1 heterocycles. The Kier molecular flexibility index (Phi) is 4.98. The monoisotopic (exact) mass is 301 g/mol. The highest BCUT2D eigenvalue weighted by Crippen LogP contribution is 2.20. The molecule has 0 saturated carbocycles. The summed E-state index contributed by atoms with van der Waals surface area (Å²) in [6.07, 6.45) is 0.850. The molecule has 108 valence electrons. The van der Waals surface area contributed by atoms with Crippen LogP contribution in [-0.4, -0.2) is 32.9 Å². The van der Waals surface area contributed by atoms with E-state index in [9.17, 15) is 19.7 Å². The fraction of sp³-hybridized carbons (Fsp3) is 0.364. The van der Waals surface area contributed by atoms with Crippen molar-refractivity contribution in [3.05, 3.63) is 33.1 Å². The van der Waals surface area contributed by atoms with Crippen LogP contribution in [0.1, 0.15) is 24.2 Å². The van der Waals surface area contributed by atoms with Crippen LogP contribution in [0.3, 0.4) is 0 Å². The number of nitro groups is 1. The van der Waals surface area contributed by atoms with Crippen molar-refractivity contribution in [1.82, 2.24) is 10.3 Å². The molecule has 1 aromatic heterocycles. The van der Waals surface area contributed by atoms with E-state index in [1.165, 1.54) is 0 Å². The Labute approximate surface area is 118 Å². The van der Waals surface area contributed by atoms with Gasteiger partial charge in [-0.3, -0.25) is 14.9 Å². The molecule has 0 aliphatic heterocycles. The first-order valence-electron chi connectivity index (χ1n) is 5.57. The molecule has 0 aliphatic rings. The van der Waals surface area contributed by atoms with E-state index in [1.54, 1.807) is 13.8 Å². The Balaban J connectivity index is 3.11. The zero-order chi connectivity index (χ0) is 15.4. The van der Waals surface area contributed by atoms with Crippen molar-refractivity contribution in [2.75, 3.05) is 0 Å². The first-order chi connectivity index (χ1) is 9.23. The number of aromatic nitrogens is 1. The van der Waals surface area contributed by atoms with E-state index >= 15 is 0 Å². The van der Waals surface area contributed by atoms with Gasteiger partial charge in [-0.15, -0.1) is 0 Å². The molecule has 9 heteroatoms. The molecule has 1 rings (SSSR count). The molecule has 0 saturated heterocycles. The Morgan fingerprint density at radius 1 is 1.50 bits per heavy atom. The fourth-order valence-electron chi connectivity index (χ4n) is 1.48. The number of carbonyl (C=O) groups is 2. The molecule has 0 aliphatic carbocycles. The number of carbonyl (C=O) groups excluding carboxylic acids is 1. The van der Waals surface area contributed by atoms with Crippen LogP contribution in [0, 0.1) is 16.0 Å². The maximum atomic E-state index is 12.0. The van der Waals surface area contributed by atoms with Gasteiger partial charge in [-0.05, 0) is 12.0 Å². The average Bonchev–Trinajstić information content (AvgIpc) is 2.34. The van der Waals surface area contributed by atoms with Gasteiger partial charge in [0.15, 0.2) is 0 Å². The lowest BCUT2D eigenvalue weighted by Gasteiger charge is -2.17. The third-order valence-corrected chi connectivity index (χ3v) is 2.72. The van der Waals surface area contributed by atoms with Crippen molar-refractivity contribution in [2.45, 2.75) is 19.9 Å². The summed E-state index contributed by atoms with van der Waals surface area (Å²) in [6, 6.07) is -0.136. The molecule has 0 unspecified atom stereocenters. The normalized spacial score (nSPS) is 12.0. The summed E-state index contributed by atoms with van der Waals surface area (Å²) in [6.45, 7) is 3.21. The van der Waals surface area contributed by atoms with Crippen molar-refractivity contribution < 1.29 is 19.6 Å². The van der Waals surface area contributed by atoms with Crippen molar-refractivity contribution in [1.29, 1.82) is 0 Å². The molecule has 20 heavy (non-hydrogen) atoms. The van der Waals surface area contributed by atoms with E-state index in [-0.39, 0.29) is 16.6 Å². The Morgan fingerprint density at radius 2 is 2.10 bits per heavy atom. The Bertz CT molecular complexity index is 561. The molecule has 1 atom stereocenters. The van der Waals surface area contributed by atoms with Gasteiger partial charge in [0.25, 0.3) is 11.6 Å². The zero-order valence-corrected chi connectivity index (χ0v) is 11.4. The highest BCUT2D eigenvalue weighted by molar-refractivity contribution is 6.29. The van der Waals surface area contributed by atoms with Crippen LogP contribution >= 0.6 is 11.6 Å². The molecule has 1 amide bonds. The number of hydrogen-bond acceptors (Lipinski definition) is 5. The van der Waals surface area contributed by atoms with E-state index in [2.05, 4.69) is 10.3 Å². The zero-order valence-electron chi connectivity index (χ0n) is 10.7. The van der Waals surface area contributed by atoms with Crippen molar-refractivity contribution >= 4 is 29.2 Å². The summed E-state index contributed by atoms with van der Waals surface area (Å²) in [5, 5.41) is 21.9. The second-order valence-corrected chi connectivity index (χ2v) is 4.70. The second kappa shape index (κ2) is 6.29. The van der Waals surface area contributed by atoms with Gasteiger partial charge in [-0.2, -0.15) is 0 Å². The van der Waals surface area contributed by atoms with Gasteiger partial charge in [0.05, 0.1) is 4.92 Å². The number of rotatable bonds is 5. The van der Waals surface area contributed by atoms with Gasteiger partial charge in [0.2, 0.25) is 0 Å². The number of carboxylic acid groups (broad SMARTS) is 1. The number of halogens is 1. The summed E-state index contributed by atoms with van der Waals surface area (Å²) < 4.78 is 0. The van der Waals surface area contributed by atoms with Crippen LogP contribution in [0.15, 0.2) is 12.3 Å². The average molecular weight is 302 g/mol. The predicted molar refractivity (Wildman–Crippen MR) is 69.6 cm³/mol. The number of hydrogen-bond donors (Lipinski definition) is 2. The fourth-order valence-corrected chi connectivity index (χ4v) is 1.64. The summed E-state index contributed by atoms with van der Waals surface area (Å²) >= 11 is 5.60. The van der Waals surface area contributed by atoms with Crippen molar-refractivity contribution in [3.8, 4) is 0 Å².